The number of hydrogen-bond acceptors (Lipinski definition) is 7. The zero-order chi connectivity index (χ0) is 39.3. The van der Waals surface area contributed by atoms with E-state index in [-0.39, 0.29) is 12.4 Å². The molecule has 0 fully saturated rings. The van der Waals surface area contributed by atoms with Gasteiger partial charge in [-0.25, -0.2) is 15.0 Å². The predicted molar refractivity (Wildman–Crippen MR) is 234 cm³/mol. The number of fused-ring (bicyclic) bond motifs is 2. The molecule has 0 saturated carbocycles. The molecule has 0 aliphatic rings. The lowest BCUT2D eigenvalue weighted by atomic mass is 10.1. The molecule has 8 rings (SSSR count). The van der Waals surface area contributed by atoms with Crippen molar-refractivity contribution in [2.24, 2.45) is 0 Å². The molecule has 2 aromatic heterocycles. The monoisotopic (exact) mass is 772 g/mol. The maximum Gasteiger partial charge on any atom is 0.273 e. The number of benzene rings is 6. The molecule has 8 aromatic rings. The summed E-state index contributed by atoms with van der Waals surface area (Å²) in [7, 11) is 0. The number of aryl methyl sites for hydroxylation is 8. The van der Waals surface area contributed by atoms with E-state index in [0.717, 1.165) is 56.5 Å². The first kappa shape index (κ1) is 40.3. The molecule has 5 N–H and O–H groups in total. The maximum atomic E-state index is 4.88. The van der Waals surface area contributed by atoms with E-state index in [4.69, 9.17) is 19.9 Å². The predicted octanol–water partition coefficient (Wildman–Crippen LogP) is 8.49. The van der Waals surface area contributed by atoms with Crippen LogP contribution in [-0.2, 0) is 0 Å². The Morgan fingerprint density at radius 2 is 0.684 bits per heavy atom. The van der Waals surface area contributed by atoms with E-state index in [0.29, 0.717) is 11.6 Å². The summed E-state index contributed by atoms with van der Waals surface area (Å²) in [5.41, 5.74) is 17.7. The fraction of sp³-hybridized carbons (Fsp3) is 0.167. The topological polar surface area (TPSA) is 104 Å². The Kier molecular flexibility index (Phi) is 12.5. The van der Waals surface area contributed by atoms with Gasteiger partial charge in [0.1, 0.15) is 5.69 Å². The third-order valence-electron chi connectivity index (χ3n) is 10.3. The number of rotatable bonds is 8. The molecule has 57 heavy (non-hydrogen) atoms. The second-order valence-electron chi connectivity index (χ2n) is 14.6. The van der Waals surface area contributed by atoms with E-state index in [9.17, 15) is 0 Å². The Morgan fingerprint density at radius 1 is 0.351 bits per heavy atom. The first-order chi connectivity index (χ1) is 27.0. The summed E-state index contributed by atoms with van der Waals surface area (Å²) in [6.07, 6.45) is 0. The number of halogens is 1. The van der Waals surface area contributed by atoms with Gasteiger partial charge in [-0.1, -0.05) is 48.5 Å². The zero-order valence-corrected chi connectivity index (χ0v) is 34.5. The van der Waals surface area contributed by atoms with E-state index in [2.05, 4.69) is 149 Å². The van der Waals surface area contributed by atoms with Gasteiger partial charge in [0.05, 0.1) is 22.1 Å². The molecular weight excluding hydrogens is 724 g/mol. The summed E-state index contributed by atoms with van der Waals surface area (Å²) >= 11 is 0. The van der Waals surface area contributed by atoms with Crippen molar-refractivity contribution >= 4 is 68.1 Å². The van der Waals surface area contributed by atoms with Crippen molar-refractivity contribution in [3.8, 4) is 0 Å². The van der Waals surface area contributed by atoms with Gasteiger partial charge >= 0.3 is 0 Å². The van der Waals surface area contributed by atoms with E-state index in [1.165, 1.54) is 44.5 Å². The van der Waals surface area contributed by atoms with Gasteiger partial charge in [0, 0.05) is 23.1 Å². The van der Waals surface area contributed by atoms with Crippen LogP contribution in [0.15, 0.2) is 121 Å². The molecule has 0 saturated heterocycles. The minimum atomic E-state index is 0. The number of quaternary nitrogens is 1. The van der Waals surface area contributed by atoms with E-state index >= 15 is 0 Å². The van der Waals surface area contributed by atoms with Gasteiger partial charge in [-0.05, 0) is 167 Å². The summed E-state index contributed by atoms with van der Waals surface area (Å²) in [5, 5.41) is 12.5. The van der Waals surface area contributed by atoms with Crippen molar-refractivity contribution < 1.29 is 17.7 Å². The van der Waals surface area contributed by atoms with Crippen LogP contribution >= 0.6 is 0 Å². The van der Waals surface area contributed by atoms with E-state index in [1.807, 2.05) is 48.5 Å². The lowest BCUT2D eigenvalue weighted by Crippen LogP contribution is -3.00. The lowest BCUT2D eigenvalue weighted by molar-refractivity contribution is -0.482. The number of nitrogens with zero attached hydrogens (tertiary/aromatic N) is 4. The zero-order valence-electron chi connectivity index (χ0n) is 33.8. The molecular formula is C48H49ClN8. The molecule has 0 aliphatic carbocycles. The standard InChI is InChI=1S/2C24H24N4.ClH/c2*1-15-9-11-19(13-17(15)3)25-23-24(26-20-12-10-16(2)18(4)14-20)28-22-8-6-5-7-21(22)27-23;/h2*5-14H,1-4H3,(H,25,27)(H,26,28);1H. The van der Waals surface area contributed by atoms with Crippen LogP contribution in [0.5, 0.6) is 0 Å². The van der Waals surface area contributed by atoms with Crippen LogP contribution < -0.4 is 33.7 Å². The highest BCUT2D eigenvalue weighted by molar-refractivity contribution is 5.84. The Labute approximate surface area is 341 Å². The molecule has 2 heterocycles. The van der Waals surface area contributed by atoms with Crippen LogP contribution in [0.2, 0.25) is 0 Å². The van der Waals surface area contributed by atoms with Crippen molar-refractivity contribution in [3.63, 3.8) is 0 Å². The summed E-state index contributed by atoms with van der Waals surface area (Å²) < 4.78 is 0. The molecule has 6 aromatic carbocycles. The molecule has 0 aliphatic heterocycles. The number of hydrogen-bond donors (Lipinski definition) is 4. The van der Waals surface area contributed by atoms with Gasteiger partial charge in [0.2, 0.25) is 5.82 Å². The maximum absolute atomic E-state index is 4.88. The number of aromatic nitrogens is 4. The average Bonchev–Trinajstić information content (AvgIpc) is 3.18. The minimum absolute atomic E-state index is 0. The highest BCUT2D eigenvalue weighted by Crippen LogP contribution is 2.29. The van der Waals surface area contributed by atoms with Gasteiger partial charge in [-0.2, -0.15) is 4.98 Å². The molecule has 8 nitrogen and oxygen atoms in total. The summed E-state index contributed by atoms with van der Waals surface area (Å²) in [6, 6.07) is 41.3. The lowest BCUT2D eigenvalue weighted by Gasteiger charge is -2.15. The molecule has 9 heteroatoms. The molecule has 0 atom stereocenters. The van der Waals surface area contributed by atoms with Crippen LogP contribution in [-0.4, -0.2) is 19.9 Å². The molecule has 0 spiro atoms. The van der Waals surface area contributed by atoms with Gasteiger partial charge in [0.15, 0.2) is 11.6 Å². The van der Waals surface area contributed by atoms with Crippen LogP contribution in [0, 0.1) is 55.4 Å². The van der Waals surface area contributed by atoms with Crippen LogP contribution in [0.25, 0.3) is 22.1 Å². The molecule has 0 amide bonds. The Morgan fingerprint density at radius 3 is 1.07 bits per heavy atom. The Bertz CT molecular complexity index is 2340. The first-order valence-electron chi connectivity index (χ1n) is 19.0. The van der Waals surface area contributed by atoms with Gasteiger partial charge in [-0.3, -0.25) is 5.32 Å². The number of anilines is 6. The van der Waals surface area contributed by atoms with Crippen molar-refractivity contribution in [1.29, 1.82) is 0 Å². The Hall–Kier alpha value is -6.35. The normalized spacial score (nSPS) is 10.7. The fourth-order valence-corrected chi connectivity index (χ4v) is 6.26. The van der Waals surface area contributed by atoms with Crippen LogP contribution in [0.3, 0.4) is 0 Å². The second-order valence-corrected chi connectivity index (χ2v) is 14.6. The largest absolute Gasteiger partial charge is 1.00 e. The van der Waals surface area contributed by atoms with Gasteiger partial charge in [0.25, 0.3) is 5.82 Å². The smallest absolute Gasteiger partial charge is 0.273 e. The molecule has 0 radical (unpaired) electrons. The van der Waals surface area contributed by atoms with Crippen LogP contribution in [0.1, 0.15) is 44.5 Å². The SMILES string of the molecule is Cc1ccc(Nc2nc3ccccc3nc2Nc2ccc(C)c(C)c2)cc1C.Cc1ccc(Nc2nc3ccccc3nc2[NH2+]c2ccc(C)c(C)c2)cc1C.[Cl-]. The molecule has 0 bridgehead atoms. The highest BCUT2D eigenvalue weighted by atomic mass is 35.5. The summed E-state index contributed by atoms with van der Waals surface area (Å²) in [6.45, 7) is 16.9. The summed E-state index contributed by atoms with van der Waals surface area (Å²) in [4.78, 5) is 19.4. The first-order valence-corrected chi connectivity index (χ1v) is 19.0. The average molecular weight is 773 g/mol. The van der Waals surface area contributed by atoms with Gasteiger partial charge in [-0.15, -0.1) is 0 Å². The minimum Gasteiger partial charge on any atom is -1.00 e. The van der Waals surface area contributed by atoms with Crippen LogP contribution in [0.4, 0.5) is 46.0 Å². The van der Waals surface area contributed by atoms with Crippen molar-refractivity contribution in [2.75, 3.05) is 16.0 Å². The number of nitrogens with two attached hydrogens (primary N) is 1. The third kappa shape index (κ3) is 9.73. The summed E-state index contributed by atoms with van der Waals surface area (Å²) in [5.74, 6) is 3.01. The van der Waals surface area contributed by atoms with Crippen molar-refractivity contribution in [2.45, 2.75) is 55.4 Å². The van der Waals surface area contributed by atoms with E-state index in [1.54, 1.807) is 0 Å². The van der Waals surface area contributed by atoms with Crippen molar-refractivity contribution in [1.82, 2.24) is 19.9 Å². The van der Waals surface area contributed by atoms with Crippen molar-refractivity contribution in [3.05, 3.63) is 166 Å². The fourth-order valence-electron chi connectivity index (χ4n) is 6.26. The number of para-hydroxylation sites is 4. The Balaban J connectivity index is 0.000000189. The molecule has 0 unspecified atom stereocenters. The highest BCUT2D eigenvalue weighted by Gasteiger charge is 2.16. The quantitative estimate of drug-likeness (QED) is 0.115. The molecule has 288 valence electrons. The van der Waals surface area contributed by atoms with Gasteiger partial charge < -0.3 is 28.4 Å². The second kappa shape index (κ2) is 17.6. The number of nitrogens with one attached hydrogen (secondary N) is 3. The van der Waals surface area contributed by atoms with E-state index < -0.39 is 0 Å². The third-order valence-corrected chi connectivity index (χ3v) is 10.3.